The molecule has 2 saturated carbocycles. The smallest absolute Gasteiger partial charge is 0.192 e. The van der Waals surface area contributed by atoms with Crippen LogP contribution in [0.5, 0.6) is 0 Å². The first-order valence-corrected chi connectivity index (χ1v) is 22.5. The number of hydrogen-bond acceptors (Lipinski definition) is 5. The Morgan fingerprint density at radius 3 is 2.07 bits per heavy atom. The molecule has 2 aliphatic rings. The van der Waals surface area contributed by atoms with E-state index in [0.29, 0.717) is 31.3 Å². The summed E-state index contributed by atoms with van der Waals surface area (Å²) in [6.07, 6.45) is 14.1. The molecule has 5 unspecified atom stereocenters. The Balaban J connectivity index is 2.24. The molecule has 5 atom stereocenters. The lowest BCUT2D eigenvalue weighted by Crippen LogP contribution is -2.47. The molecule has 0 N–H and O–H groups in total. The molecule has 0 saturated heterocycles. The van der Waals surface area contributed by atoms with E-state index in [1.165, 1.54) is 32.1 Å². The number of ether oxygens (including phenoxy) is 2. The lowest BCUT2D eigenvalue weighted by molar-refractivity contribution is -0.121. The van der Waals surface area contributed by atoms with E-state index in [9.17, 15) is 4.79 Å². The van der Waals surface area contributed by atoms with Gasteiger partial charge in [0, 0.05) is 25.0 Å². The number of carbonyl (C=O) groups is 1. The summed E-state index contributed by atoms with van der Waals surface area (Å²) < 4.78 is 25.4. The summed E-state index contributed by atoms with van der Waals surface area (Å²) in [4.78, 5) is 13.5. The molecule has 5 nitrogen and oxygen atoms in total. The van der Waals surface area contributed by atoms with Crippen molar-refractivity contribution < 1.29 is 23.1 Å². The predicted octanol–water partition coefficient (Wildman–Crippen LogP) is 9.68. The predicted molar refractivity (Wildman–Crippen MR) is 177 cm³/mol. The molecule has 2 aliphatic carbocycles. The van der Waals surface area contributed by atoms with Crippen molar-refractivity contribution in [2.75, 3.05) is 13.2 Å². The maximum Gasteiger partial charge on any atom is 0.192 e. The van der Waals surface area contributed by atoms with Gasteiger partial charge in [-0.1, -0.05) is 73.0 Å². The van der Waals surface area contributed by atoms with Crippen LogP contribution in [-0.2, 0) is 23.1 Å². The molecule has 0 aliphatic heterocycles. The van der Waals surface area contributed by atoms with Crippen LogP contribution >= 0.6 is 0 Å². The molecule has 0 aromatic heterocycles. The van der Waals surface area contributed by atoms with Crippen molar-refractivity contribution in [3.63, 3.8) is 0 Å². The summed E-state index contributed by atoms with van der Waals surface area (Å²) in [5.74, 6) is 1.24. The normalized spacial score (nSPS) is 25.3. The Morgan fingerprint density at radius 1 is 0.902 bits per heavy atom. The summed E-state index contributed by atoms with van der Waals surface area (Å²) in [6, 6.07) is 0. The summed E-state index contributed by atoms with van der Waals surface area (Å²) >= 11 is 0. The standard InChI is InChI=1S/C34H66O5Si2/c1-13-36-26(2)37-24-18-17-21-28-29(32(25-30(28)35)39-41(11,12)34(6,7)8)22-23-31(27-19-15-14-16-20-27)38-40(9,10)33(3,4)5/h17-18,26-29,31-32H,13-16,19-25H2,1-12H3/b18-17+. The van der Waals surface area contributed by atoms with Gasteiger partial charge in [-0.15, -0.1) is 0 Å². The van der Waals surface area contributed by atoms with Gasteiger partial charge >= 0.3 is 0 Å². The van der Waals surface area contributed by atoms with Crippen molar-refractivity contribution in [3.05, 3.63) is 12.2 Å². The van der Waals surface area contributed by atoms with Gasteiger partial charge in [0.1, 0.15) is 5.78 Å². The van der Waals surface area contributed by atoms with Crippen LogP contribution in [-0.4, -0.2) is 54.1 Å². The third-order valence-corrected chi connectivity index (χ3v) is 19.7. The SMILES string of the molecule is CCOC(C)OC/C=C/CC1C(=O)CC(O[Si](C)(C)C(C)(C)C)C1CCC(O[Si](C)(C)C(C)(C)C)C1CCCCC1. The van der Waals surface area contributed by atoms with Crippen molar-refractivity contribution in [3.8, 4) is 0 Å². The minimum absolute atomic E-state index is 0.00482. The first-order chi connectivity index (χ1) is 18.9. The Bertz CT molecular complexity index is 820. The fraction of sp³-hybridized carbons (Fsp3) is 0.912. The lowest BCUT2D eigenvalue weighted by Gasteiger charge is -2.43. The molecular weight excluding hydrogens is 545 g/mol. The fourth-order valence-corrected chi connectivity index (χ4v) is 8.76. The Kier molecular flexibility index (Phi) is 14.0. The molecule has 2 fully saturated rings. The van der Waals surface area contributed by atoms with Gasteiger partial charge in [0.15, 0.2) is 22.9 Å². The van der Waals surface area contributed by atoms with Crippen LogP contribution < -0.4 is 0 Å². The zero-order valence-corrected chi connectivity index (χ0v) is 30.9. The molecule has 41 heavy (non-hydrogen) atoms. The molecule has 7 heteroatoms. The lowest BCUT2D eigenvalue weighted by atomic mass is 9.81. The van der Waals surface area contributed by atoms with Crippen LogP contribution in [0, 0.1) is 17.8 Å². The van der Waals surface area contributed by atoms with Gasteiger partial charge in [0.2, 0.25) is 0 Å². The van der Waals surface area contributed by atoms with Crippen molar-refractivity contribution >= 4 is 22.4 Å². The van der Waals surface area contributed by atoms with Crippen LogP contribution in [0.1, 0.15) is 113 Å². The van der Waals surface area contributed by atoms with Gasteiger partial charge < -0.3 is 18.3 Å². The van der Waals surface area contributed by atoms with Gasteiger partial charge in [-0.3, -0.25) is 4.79 Å². The van der Waals surface area contributed by atoms with Gasteiger partial charge in [-0.2, -0.15) is 0 Å². The molecule has 240 valence electrons. The highest BCUT2D eigenvalue weighted by atomic mass is 28.4. The quantitative estimate of drug-likeness (QED) is 0.105. The second kappa shape index (κ2) is 15.6. The van der Waals surface area contributed by atoms with Crippen LogP contribution in [0.25, 0.3) is 0 Å². The van der Waals surface area contributed by atoms with Crippen molar-refractivity contribution in [1.82, 2.24) is 0 Å². The van der Waals surface area contributed by atoms with E-state index in [2.05, 4.69) is 73.8 Å². The van der Waals surface area contributed by atoms with Gasteiger partial charge in [0.25, 0.3) is 0 Å². The number of Topliss-reactive ketones (excluding diaryl/α,β-unsaturated/α-hetero) is 1. The molecule has 0 aromatic rings. The Morgan fingerprint density at radius 2 is 1.51 bits per heavy atom. The third-order valence-electron chi connectivity index (χ3n) is 10.7. The van der Waals surface area contributed by atoms with Crippen LogP contribution in [0.4, 0.5) is 0 Å². The molecule has 0 heterocycles. The van der Waals surface area contributed by atoms with E-state index >= 15 is 0 Å². The van der Waals surface area contributed by atoms with Crippen molar-refractivity contribution in [1.29, 1.82) is 0 Å². The summed E-state index contributed by atoms with van der Waals surface area (Å²) in [5, 5.41) is 0.301. The van der Waals surface area contributed by atoms with Crippen LogP contribution in [0.15, 0.2) is 12.2 Å². The fourth-order valence-electron chi connectivity index (χ4n) is 5.97. The van der Waals surface area contributed by atoms with E-state index in [1.807, 2.05) is 19.9 Å². The summed E-state index contributed by atoms with van der Waals surface area (Å²) in [7, 11) is -3.93. The largest absolute Gasteiger partial charge is 0.414 e. The minimum atomic E-state index is -2.02. The van der Waals surface area contributed by atoms with E-state index in [-0.39, 0.29) is 40.4 Å². The van der Waals surface area contributed by atoms with E-state index in [0.717, 1.165) is 19.3 Å². The first-order valence-electron chi connectivity index (χ1n) is 16.7. The van der Waals surface area contributed by atoms with Crippen molar-refractivity contribution in [2.45, 2.75) is 168 Å². The third kappa shape index (κ3) is 11.0. The zero-order chi connectivity index (χ0) is 31.1. The number of allylic oxidation sites excluding steroid dienone is 1. The minimum Gasteiger partial charge on any atom is -0.414 e. The van der Waals surface area contributed by atoms with Gasteiger partial charge in [-0.25, -0.2) is 0 Å². The van der Waals surface area contributed by atoms with E-state index in [1.54, 1.807) is 0 Å². The molecule has 0 amide bonds. The molecule has 0 bridgehead atoms. The van der Waals surface area contributed by atoms with E-state index in [4.69, 9.17) is 18.3 Å². The Labute approximate surface area is 256 Å². The topological polar surface area (TPSA) is 54.0 Å². The molecule has 0 radical (unpaired) electrons. The maximum atomic E-state index is 13.5. The number of carbonyl (C=O) groups excluding carboxylic acids is 1. The van der Waals surface area contributed by atoms with Gasteiger partial charge in [0.05, 0.1) is 12.7 Å². The maximum absolute atomic E-state index is 13.5. The molecule has 0 aromatic carbocycles. The highest BCUT2D eigenvalue weighted by Gasteiger charge is 2.48. The molecule has 0 spiro atoms. The number of rotatable bonds is 15. The van der Waals surface area contributed by atoms with Crippen LogP contribution in [0.2, 0.25) is 36.3 Å². The first kappa shape index (κ1) is 36.9. The number of ketones is 1. The van der Waals surface area contributed by atoms with E-state index < -0.39 is 16.6 Å². The highest BCUT2D eigenvalue weighted by Crippen LogP contribution is 2.45. The monoisotopic (exact) mass is 610 g/mol. The van der Waals surface area contributed by atoms with Crippen molar-refractivity contribution in [2.24, 2.45) is 17.8 Å². The van der Waals surface area contributed by atoms with Gasteiger partial charge in [-0.05, 0) is 94.1 Å². The highest BCUT2D eigenvalue weighted by molar-refractivity contribution is 6.74. The second-order valence-electron chi connectivity index (χ2n) is 15.8. The second-order valence-corrected chi connectivity index (χ2v) is 25.3. The average molecular weight is 611 g/mol. The summed E-state index contributed by atoms with van der Waals surface area (Å²) in [6.45, 7) is 28.4. The molecular formula is C34H66O5Si2. The number of hydrogen-bond donors (Lipinski definition) is 0. The Hall–Kier alpha value is -0.316. The molecule has 2 rings (SSSR count). The van der Waals surface area contributed by atoms with Crippen LogP contribution in [0.3, 0.4) is 0 Å². The average Bonchev–Trinajstić information content (AvgIpc) is 3.13. The summed E-state index contributed by atoms with van der Waals surface area (Å²) in [5.41, 5.74) is 0. The zero-order valence-electron chi connectivity index (χ0n) is 28.9.